The van der Waals surface area contributed by atoms with Gasteiger partial charge in [-0.2, -0.15) is 0 Å². The fourth-order valence-electron chi connectivity index (χ4n) is 3.55. The van der Waals surface area contributed by atoms with Crippen molar-refractivity contribution in [2.75, 3.05) is 0 Å². The molecule has 0 fully saturated rings. The molecular formula is C28H15F7O2. The van der Waals surface area contributed by atoms with Crippen LogP contribution in [-0.4, -0.2) is 5.97 Å². The van der Waals surface area contributed by atoms with E-state index in [1.165, 1.54) is 12.1 Å². The van der Waals surface area contributed by atoms with E-state index in [4.69, 9.17) is 0 Å². The molecule has 4 aromatic carbocycles. The van der Waals surface area contributed by atoms with Gasteiger partial charge >= 0.3 is 5.97 Å². The van der Waals surface area contributed by atoms with Gasteiger partial charge in [0.1, 0.15) is 28.8 Å². The Kier molecular flexibility index (Phi) is 7.15. The summed E-state index contributed by atoms with van der Waals surface area (Å²) in [6.45, 7) is 1.01. The number of carbonyl (C=O) groups excluding carboxylic acids is 1. The van der Waals surface area contributed by atoms with Crippen molar-refractivity contribution in [3.05, 3.63) is 119 Å². The van der Waals surface area contributed by atoms with Gasteiger partial charge in [0.05, 0.1) is 0 Å². The maximum Gasteiger partial charge on any atom is 0.349 e. The van der Waals surface area contributed by atoms with E-state index in [2.05, 4.69) is 4.74 Å². The van der Waals surface area contributed by atoms with Crippen LogP contribution in [0.3, 0.4) is 0 Å². The minimum absolute atomic E-state index is 0.0814. The predicted octanol–water partition coefficient (Wildman–Crippen LogP) is 8.56. The van der Waals surface area contributed by atoms with E-state index in [9.17, 15) is 35.5 Å². The number of hydrogen-bond acceptors (Lipinski definition) is 2. The Labute approximate surface area is 206 Å². The lowest BCUT2D eigenvalue weighted by Gasteiger charge is -2.10. The van der Waals surface area contributed by atoms with E-state index in [1.807, 2.05) is 0 Å². The topological polar surface area (TPSA) is 26.3 Å². The summed E-state index contributed by atoms with van der Waals surface area (Å²) >= 11 is 0. The molecule has 188 valence electrons. The highest BCUT2D eigenvalue weighted by Crippen LogP contribution is 2.30. The highest BCUT2D eigenvalue weighted by Gasteiger charge is 2.23. The Morgan fingerprint density at radius 1 is 0.622 bits per heavy atom. The number of hydrogen-bond donors (Lipinski definition) is 0. The molecule has 4 aromatic rings. The molecule has 0 aliphatic heterocycles. The molecule has 0 atom stereocenters. The largest absolute Gasteiger partial charge is 0.423 e. The number of allylic oxidation sites excluding steroid dienone is 1. The van der Waals surface area contributed by atoms with Gasteiger partial charge in [-0.15, -0.1) is 0 Å². The first-order valence-corrected chi connectivity index (χ1v) is 10.6. The van der Waals surface area contributed by atoms with Crippen molar-refractivity contribution in [3.63, 3.8) is 0 Å². The molecule has 37 heavy (non-hydrogen) atoms. The van der Waals surface area contributed by atoms with Gasteiger partial charge in [0.15, 0.2) is 23.3 Å². The van der Waals surface area contributed by atoms with Crippen molar-refractivity contribution in [1.29, 1.82) is 0 Å². The van der Waals surface area contributed by atoms with Gasteiger partial charge in [-0.25, -0.2) is 35.5 Å². The molecule has 0 heterocycles. The zero-order valence-electron chi connectivity index (χ0n) is 18.9. The zero-order valence-corrected chi connectivity index (χ0v) is 18.9. The lowest BCUT2D eigenvalue weighted by atomic mass is 9.98. The molecule has 0 N–H and O–H groups in total. The maximum absolute atomic E-state index is 14.7. The minimum atomic E-state index is -1.79. The van der Waals surface area contributed by atoms with Gasteiger partial charge < -0.3 is 4.74 Å². The summed E-state index contributed by atoms with van der Waals surface area (Å²) in [6.07, 6.45) is 0. The van der Waals surface area contributed by atoms with E-state index in [1.54, 1.807) is 36.4 Å². The Morgan fingerprint density at radius 2 is 1.05 bits per heavy atom. The second-order valence-corrected chi connectivity index (χ2v) is 7.91. The molecule has 0 bridgehead atoms. The van der Waals surface area contributed by atoms with Crippen molar-refractivity contribution in [2.45, 2.75) is 6.92 Å². The van der Waals surface area contributed by atoms with Gasteiger partial charge in [-0.05, 0) is 41.3 Å². The van der Waals surface area contributed by atoms with Crippen LogP contribution < -0.4 is 4.74 Å². The summed E-state index contributed by atoms with van der Waals surface area (Å²) in [4.78, 5) is 12.2. The van der Waals surface area contributed by atoms with Crippen molar-refractivity contribution in [2.24, 2.45) is 0 Å². The van der Waals surface area contributed by atoms with Crippen LogP contribution in [0.15, 0.2) is 78.6 Å². The van der Waals surface area contributed by atoms with Gasteiger partial charge in [0.2, 0.25) is 0 Å². The monoisotopic (exact) mass is 516 g/mol. The number of carbonyl (C=O) groups is 1. The molecule has 0 aliphatic carbocycles. The third kappa shape index (κ3) is 5.40. The number of halogens is 7. The molecule has 9 heteroatoms. The van der Waals surface area contributed by atoms with E-state index < -0.39 is 58.0 Å². The molecule has 4 rings (SSSR count). The van der Waals surface area contributed by atoms with Gasteiger partial charge in [-0.3, -0.25) is 0 Å². The quantitative estimate of drug-likeness (QED) is 0.115. The summed E-state index contributed by atoms with van der Waals surface area (Å²) in [5.74, 6) is -11.9. The van der Waals surface area contributed by atoms with Gasteiger partial charge in [0.25, 0.3) is 0 Å². The van der Waals surface area contributed by atoms with E-state index in [0.717, 1.165) is 19.1 Å². The first-order chi connectivity index (χ1) is 17.5. The van der Waals surface area contributed by atoms with Crippen LogP contribution in [-0.2, 0) is 0 Å². The van der Waals surface area contributed by atoms with Crippen LogP contribution in [0.4, 0.5) is 30.7 Å². The Balaban J connectivity index is 1.56. The minimum Gasteiger partial charge on any atom is -0.423 e. The van der Waals surface area contributed by atoms with E-state index in [-0.39, 0.29) is 11.1 Å². The molecule has 0 unspecified atom stereocenters. The molecule has 0 aromatic heterocycles. The molecule has 2 nitrogen and oxygen atoms in total. The third-order valence-electron chi connectivity index (χ3n) is 5.41. The van der Waals surface area contributed by atoms with Crippen molar-refractivity contribution < 1.29 is 40.3 Å². The number of rotatable bonds is 5. The maximum atomic E-state index is 14.7. The average molecular weight is 516 g/mol. The highest BCUT2D eigenvalue weighted by molar-refractivity contribution is 5.92. The first-order valence-electron chi connectivity index (χ1n) is 10.6. The smallest absolute Gasteiger partial charge is 0.349 e. The first kappa shape index (κ1) is 25.7. The average Bonchev–Trinajstić information content (AvgIpc) is 2.86. The third-order valence-corrected chi connectivity index (χ3v) is 5.41. The van der Waals surface area contributed by atoms with Gasteiger partial charge in [0, 0.05) is 17.7 Å². The molecule has 0 saturated heterocycles. The van der Waals surface area contributed by atoms with Crippen molar-refractivity contribution in [3.8, 4) is 28.0 Å². The molecule has 0 aliphatic rings. The lowest BCUT2D eigenvalue weighted by molar-refractivity contribution is 0.0723. The van der Waals surface area contributed by atoms with Crippen LogP contribution in [0.5, 0.6) is 5.75 Å². The summed E-state index contributed by atoms with van der Waals surface area (Å²) in [5, 5.41) is 0. The second kappa shape index (κ2) is 10.3. The molecule has 0 saturated carbocycles. The number of esters is 1. The fraction of sp³-hybridized carbons (Fsp3) is 0.0357. The van der Waals surface area contributed by atoms with Crippen LogP contribution in [0.2, 0.25) is 0 Å². The van der Waals surface area contributed by atoms with Crippen molar-refractivity contribution in [1.82, 2.24) is 0 Å². The summed E-state index contributed by atoms with van der Waals surface area (Å²) in [5.41, 5.74) is 0.830. The Bertz CT molecular complexity index is 1480. The molecular weight excluding hydrogens is 501 g/mol. The normalized spacial score (nSPS) is 11.8. The standard InChI is InChI=1S/C28H15F7O2/c1-14(29)26(34)18-8-6-16(7-9-18)15-2-4-17(5-3-15)19-10-21(30)25(22(31)11-19)28(36)37-20-12-23(32)27(35)24(33)13-20/h2-13H,1H3. The SMILES string of the molecule is CC(F)=C(F)c1ccc(-c2ccc(-c3cc(F)c(C(=O)Oc4cc(F)c(F)c(F)c4)c(F)c3)cc2)cc1. The van der Waals surface area contributed by atoms with Crippen LogP contribution in [0.25, 0.3) is 28.1 Å². The molecule has 0 radical (unpaired) electrons. The summed E-state index contributed by atoms with van der Waals surface area (Å²) in [6, 6.07) is 14.9. The predicted molar refractivity (Wildman–Crippen MR) is 123 cm³/mol. The number of ether oxygens (including phenoxy) is 1. The van der Waals surface area contributed by atoms with E-state index in [0.29, 0.717) is 28.8 Å². The van der Waals surface area contributed by atoms with Crippen LogP contribution in [0.1, 0.15) is 22.8 Å². The van der Waals surface area contributed by atoms with E-state index >= 15 is 0 Å². The summed E-state index contributed by atoms with van der Waals surface area (Å²) in [7, 11) is 0. The van der Waals surface area contributed by atoms with Crippen molar-refractivity contribution >= 4 is 11.8 Å². The van der Waals surface area contributed by atoms with Crippen LogP contribution in [0, 0.1) is 29.1 Å². The van der Waals surface area contributed by atoms with Gasteiger partial charge in [-0.1, -0.05) is 48.5 Å². The lowest BCUT2D eigenvalue weighted by Crippen LogP contribution is -2.14. The Morgan fingerprint density at radius 3 is 1.51 bits per heavy atom. The molecule has 0 spiro atoms. The zero-order chi connectivity index (χ0) is 26.9. The fourth-order valence-corrected chi connectivity index (χ4v) is 3.55. The van der Waals surface area contributed by atoms with Crippen LogP contribution >= 0.6 is 0 Å². The number of benzene rings is 4. The Hall–Kier alpha value is -4.40. The second-order valence-electron chi connectivity index (χ2n) is 7.91. The molecule has 0 amide bonds. The highest BCUT2D eigenvalue weighted by atomic mass is 19.2. The summed E-state index contributed by atoms with van der Waals surface area (Å²) < 4.78 is 100.